The van der Waals surface area contributed by atoms with Gasteiger partial charge in [0.1, 0.15) is 17.4 Å². The third-order valence-electron chi connectivity index (χ3n) is 3.08. The smallest absolute Gasteiger partial charge is 0.140 e. The van der Waals surface area contributed by atoms with Crippen molar-refractivity contribution in [2.75, 3.05) is 20.3 Å². The van der Waals surface area contributed by atoms with Gasteiger partial charge < -0.3 is 14.8 Å². The molecule has 0 radical (unpaired) electrons. The van der Waals surface area contributed by atoms with Crippen LogP contribution in [0.4, 0.5) is 0 Å². The molecule has 5 heteroatoms. The Hall–Kier alpha value is -1.43. The minimum Gasteiger partial charge on any atom is -0.486 e. The van der Waals surface area contributed by atoms with E-state index in [0.717, 1.165) is 36.9 Å². The molecule has 0 amide bonds. The molecule has 0 aliphatic heterocycles. The first-order valence-corrected chi connectivity index (χ1v) is 7.98. The normalized spacial score (nSPS) is 10.8. The third-order valence-corrected chi connectivity index (χ3v) is 4.05. The average Bonchev–Trinajstić information content (AvgIpc) is 2.98. The van der Waals surface area contributed by atoms with E-state index in [-0.39, 0.29) is 0 Å². The van der Waals surface area contributed by atoms with Gasteiger partial charge in [-0.3, -0.25) is 0 Å². The van der Waals surface area contributed by atoms with Crippen LogP contribution in [0.25, 0.3) is 0 Å². The van der Waals surface area contributed by atoms with Gasteiger partial charge in [-0.1, -0.05) is 19.1 Å². The van der Waals surface area contributed by atoms with E-state index in [0.29, 0.717) is 6.61 Å². The second-order valence-corrected chi connectivity index (χ2v) is 5.88. The van der Waals surface area contributed by atoms with Crippen LogP contribution in [-0.4, -0.2) is 25.2 Å². The zero-order chi connectivity index (χ0) is 14.9. The fraction of sp³-hybridized carbons (Fsp3) is 0.438. The highest BCUT2D eigenvalue weighted by atomic mass is 32.1. The zero-order valence-electron chi connectivity index (χ0n) is 12.6. The van der Waals surface area contributed by atoms with Gasteiger partial charge in [0.05, 0.1) is 6.61 Å². The average molecular weight is 306 g/mol. The lowest BCUT2D eigenvalue weighted by atomic mass is 10.2. The van der Waals surface area contributed by atoms with Gasteiger partial charge in [-0.05, 0) is 24.1 Å². The SMILES string of the molecule is CCc1ccc(OCc2ncc(CNCCOC)s2)cc1. The molecule has 1 aromatic carbocycles. The number of aromatic nitrogens is 1. The van der Waals surface area contributed by atoms with Crippen LogP contribution in [0.1, 0.15) is 22.4 Å². The largest absolute Gasteiger partial charge is 0.486 e. The first-order chi connectivity index (χ1) is 10.3. The van der Waals surface area contributed by atoms with E-state index in [1.165, 1.54) is 10.4 Å². The summed E-state index contributed by atoms with van der Waals surface area (Å²) in [6.07, 6.45) is 2.95. The van der Waals surface area contributed by atoms with Crippen molar-refractivity contribution >= 4 is 11.3 Å². The van der Waals surface area contributed by atoms with Gasteiger partial charge in [0.25, 0.3) is 0 Å². The fourth-order valence-electron chi connectivity index (χ4n) is 1.85. The van der Waals surface area contributed by atoms with Gasteiger partial charge in [0.15, 0.2) is 0 Å². The summed E-state index contributed by atoms with van der Waals surface area (Å²) in [5.74, 6) is 0.891. The van der Waals surface area contributed by atoms with Crippen molar-refractivity contribution in [1.29, 1.82) is 0 Å². The topological polar surface area (TPSA) is 43.4 Å². The van der Waals surface area contributed by atoms with Crippen LogP contribution in [0, 0.1) is 0 Å². The Labute approximate surface area is 130 Å². The zero-order valence-corrected chi connectivity index (χ0v) is 13.4. The van der Waals surface area contributed by atoms with Crippen molar-refractivity contribution in [2.24, 2.45) is 0 Å². The molecule has 114 valence electrons. The van der Waals surface area contributed by atoms with E-state index in [2.05, 4.69) is 29.4 Å². The highest BCUT2D eigenvalue weighted by molar-refractivity contribution is 7.11. The summed E-state index contributed by atoms with van der Waals surface area (Å²) in [5, 5.41) is 4.31. The monoisotopic (exact) mass is 306 g/mol. The summed E-state index contributed by atoms with van der Waals surface area (Å²) in [6, 6.07) is 8.23. The van der Waals surface area contributed by atoms with Crippen molar-refractivity contribution in [3.63, 3.8) is 0 Å². The molecule has 21 heavy (non-hydrogen) atoms. The van der Waals surface area contributed by atoms with Gasteiger partial charge in [-0.25, -0.2) is 4.98 Å². The lowest BCUT2D eigenvalue weighted by Gasteiger charge is -2.04. The first-order valence-electron chi connectivity index (χ1n) is 7.16. The number of thiazole rings is 1. The Bertz CT molecular complexity index is 525. The summed E-state index contributed by atoms with van der Waals surface area (Å²) < 4.78 is 10.7. The summed E-state index contributed by atoms with van der Waals surface area (Å²) in [6.45, 7) is 5.07. The quantitative estimate of drug-likeness (QED) is 0.723. The Morgan fingerprint density at radius 2 is 2.05 bits per heavy atom. The van der Waals surface area contributed by atoms with Crippen LogP contribution < -0.4 is 10.1 Å². The number of ether oxygens (including phenoxy) is 2. The summed E-state index contributed by atoms with van der Waals surface area (Å²) >= 11 is 1.68. The molecule has 0 aliphatic carbocycles. The number of hydrogen-bond acceptors (Lipinski definition) is 5. The minimum absolute atomic E-state index is 0.522. The number of nitrogens with one attached hydrogen (secondary N) is 1. The number of nitrogens with zero attached hydrogens (tertiary/aromatic N) is 1. The number of methoxy groups -OCH3 is 1. The van der Waals surface area contributed by atoms with Crippen LogP contribution in [-0.2, 0) is 24.3 Å². The third kappa shape index (κ3) is 5.46. The Balaban J connectivity index is 1.76. The first kappa shape index (κ1) is 15.9. The van der Waals surface area contributed by atoms with Gasteiger partial charge in [-0.2, -0.15) is 0 Å². The predicted molar refractivity (Wildman–Crippen MR) is 85.8 cm³/mol. The van der Waals surface area contributed by atoms with Gasteiger partial charge in [0, 0.05) is 31.3 Å². The molecule has 2 aromatic rings. The van der Waals surface area contributed by atoms with Crippen LogP contribution in [0.3, 0.4) is 0 Å². The number of rotatable bonds is 9. The highest BCUT2D eigenvalue weighted by Crippen LogP contribution is 2.17. The molecule has 0 fully saturated rings. The molecular weight excluding hydrogens is 284 g/mol. The molecule has 4 nitrogen and oxygen atoms in total. The molecule has 0 bridgehead atoms. The molecular formula is C16H22N2O2S. The van der Waals surface area contributed by atoms with Gasteiger partial charge in [0.2, 0.25) is 0 Å². The van der Waals surface area contributed by atoms with E-state index in [9.17, 15) is 0 Å². The molecule has 1 heterocycles. The Kier molecular flexibility index (Phi) is 6.66. The summed E-state index contributed by atoms with van der Waals surface area (Å²) in [5.41, 5.74) is 1.32. The molecule has 0 spiro atoms. The van der Waals surface area contributed by atoms with Crippen molar-refractivity contribution < 1.29 is 9.47 Å². The van der Waals surface area contributed by atoms with Gasteiger partial charge in [-0.15, -0.1) is 11.3 Å². The van der Waals surface area contributed by atoms with Crippen LogP contribution >= 0.6 is 11.3 Å². The number of hydrogen-bond donors (Lipinski definition) is 1. The summed E-state index contributed by atoms with van der Waals surface area (Å²) in [4.78, 5) is 5.60. The lowest BCUT2D eigenvalue weighted by Crippen LogP contribution is -2.17. The fourth-order valence-corrected chi connectivity index (χ4v) is 2.65. The Morgan fingerprint density at radius 1 is 1.24 bits per heavy atom. The van der Waals surface area contributed by atoms with E-state index < -0.39 is 0 Å². The molecule has 0 atom stereocenters. The van der Waals surface area contributed by atoms with Crippen molar-refractivity contribution in [1.82, 2.24) is 10.3 Å². The number of benzene rings is 1. The van der Waals surface area contributed by atoms with E-state index in [1.807, 2.05) is 18.3 Å². The molecule has 0 saturated carbocycles. The molecule has 1 aromatic heterocycles. The lowest BCUT2D eigenvalue weighted by molar-refractivity contribution is 0.199. The van der Waals surface area contributed by atoms with Crippen molar-refractivity contribution in [3.8, 4) is 5.75 Å². The van der Waals surface area contributed by atoms with E-state index >= 15 is 0 Å². The van der Waals surface area contributed by atoms with Crippen molar-refractivity contribution in [2.45, 2.75) is 26.5 Å². The maximum absolute atomic E-state index is 5.76. The Morgan fingerprint density at radius 3 is 2.76 bits per heavy atom. The second kappa shape index (κ2) is 8.77. The minimum atomic E-state index is 0.522. The standard InChI is InChI=1S/C16H22N2O2S/c1-3-13-4-6-14(7-5-13)20-12-16-18-11-15(21-16)10-17-8-9-19-2/h4-7,11,17H,3,8-10,12H2,1-2H3. The van der Waals surface area contributed by atoms with Crippen LogP contribution in [0.5, 0.6) is 5.75 Å². The maximum Gasteiger partial charge on any atom is 0.140 e. The molecule has 0 saturated heterocycles. The molecule has 2 rings (SSSR count). The second-order valence-electron chi connectivity index (χ2n) is 4.68. The highest BCUT2D eigenvalue weighted by Gasteiger charge is 2.03. The van der Waals surface area contributed by atoms with E-state index in [4.69, 9.17) is 9.47 Å². The predicted octanol–water partition coefficient (Wildman–Crippen LogP) is 3.02. The van der Waals surface area contributed by atoms with Crippen LogP contribution in [0.15, 0.2) is 30.5 Å². The molecule has 0 aliphatic rings. The van der Waals surface area contributed by atoms with Crippen molar-refractivity contribution in [3.05, 3.63) is 45.9 Å². The summed E-state index contributed by atoms with van der Waals surface area (Å²) in [7, 11) is 1.71. The molecule has 0 unspecified atom stereocenters. The van der Waals surface area contributed by atoms with Gasteiger partial charge >= 0.3 is 0 Å². The molecule has 1 N–H and O–H groups in total. The van der Waals surface area contributed by atoms with E-state index in [1.54, 1.807) is 18.4 Å². The number of aryl methyl sites for hydroxylation is 1. The maximum atomic E-state index is 5.76. The van der Waals surface area contributed by atoms with Crippen LogP contribution in [0.2, 0.25) is 0 Å².